The molecule has 0 saturated carbocycles. The summed E-state index contributed by atoms with van der Waals surface area (Å²) in [6.45, 7) is 0. The summed E-state index contributed by atoms with van der Waals surface area (Å²) in [6.07, 6.45) is -0.298. The van der Waals surface area contributed by atoms with E-state index in [-0.39, 0.29) is 23.9 Å². The van der Waals surface area contributed by atoms with Gasteiger partial charge in [0.05, 0.1) is 11.7 Å². The predicted molar refractivity (Wildman–Crippen MR) is 73.7 cm³/mol. The molecule has 0 aromatic heterocycles. The van der Waals surface area contributed by atoms with Gasteiger partial charge >= 0.3 is 19.5 Å². The number of aliphatic carboxylic acids is 1. The number of nitrogens with two attached hydrogens (primary N) is 1. The van der Waals surface area contributed by atoms with Gasteiger partial charge in [-0.1, -0.05) is 6.07 Å². The molecule has 0 amide bonds. The molecule has 2 atom stereocenters. The zero-order valence-electron chi connectivity index (χ0n) is 11.3. The van der Waals surface area contributed by atoms with Gasteiger partial charge in [0.2, 0.25) is 0 Å². The smallest absolute Gasteiger partial charge is 0.378 e. The second kappa shape index (κ2) is 7.21. The van der Waals surface area contributed by atoms with E-state index in [1.807, 2.05) is 0 Å². The van der Waals surface area contributed by atoms with Gasteiger partial charge in [-0.25, -0.2) is 9.36 Å². The molecule has 1 rings (SSSR count). The van der Waals surface area contributed by atoms with Crippen LogP contribution in [0.1, 0.15) is 16.8 Å². The molecule has 1 aromatic rings. The van der Waals surface area contributed by atoms with Crippen molar-refractivity contribution in [2.24, 2.45) is 5.73 Å². The Morgan fingerprint density at radius 2 is 2.05 bits per heavy atom. The summed E-state index contributed by atoms with van der Waals surface area (Å²) >= 11 is 0. The van der Waals surface area contributed by atoms with Crippen molar-refractivity contribution in [3.63, 3.8) is 0 Å². The molecule has 0 aliphatic heterocycles. The Labute approximate surface area is 121 Å². The quantitative estimate of drug-likeness (QED) is 0.612. The van der Waals surface area contributed by atoms with Gasteiger partial charge in [-0.05, 0) is 24.6 Å². The minimum Gasteiger partial charge on any atom is -0.480 e. The van der Waals surface area contributed by atoms with E-state index in [9.17, 15) is 14.2 Å². The average molecular weight is 317 g/mol. The van der Waals surface area contributed by atoms with Crippen LogP contribution < -0.4 is 10.3 Å². The number of hydrogen-bond acceptors (Lipinski definition) is 6. The molecular formula is C12H16NO7P. The van der Waals surface area contributed by atoms with Crippen molar-refractivity contribution in [1.29, 1.82) is 0 Å². The lowest BCUT2D eigenvalue weighted by Crippen LogP contribution is -2.31. The molecule has 116 valence electrons. The minimum atomic E-state index is -3.60. The third kappa shape index (κ3) is 5.18. The van der Waals surface area contributed by atoms with Crippen molar-refractivity contribution in [3.05, 3.63) is 29.8 Å². The predicted octanol–water partition coefficient (Wildman–Crippen LogP) is 1.41. The van der Waals surface area contributed by atoms with E-state index in [1.165, 1.54) is 24.3 Å². The van der Waals surface area contributed by atoms with Crippen LogP contribution >= 0.6 is 7.60 Å². The van der Waals surface area contributed by atoms with Crippen LogP contribution in [0.25, 0.3) is 0 Å². The molecule has 2 unspecified atom stereocenters. The van der Waals surface area contributed by atoms with Gasteiger partial charge in [-0.2, -0.15) is 0 Å². The molecule has 0 saturated heterocycles. The van der Waals surface area contributed by atoms with Gasteiger partial charge in [-0.3, -0.25) is 4.79 Å². The van der Waals surface area contributed by atoms with Gasteiger partial charge in [-0.15, -0.1) is 0 Å². The molecule has 9 heteroatoms. The Hall–Kier alpha value is -1.89. The highest BCUT2D eigenvalue weighted by molar-refractivity contribution is 7.54. The SMILES string of the molecule is COP(=O)(CCC(N)C(=O)O)Oc1cccc(C(=O)O)c1. The Balaban J connectivity index is 2.81. The van der Waals surface area contributed by atoms with Crippen LogP contribution in [0.4, 0.5) is 0 Å². The molecule has 0 heterocycles. The zero-order chi connectivity index (χ0) is 16.0. The van der Waals surface area contributed by atoms with Gasteiger partial charge < -0.3 is 25.0 Å². The molecule has 0 aliphatic rings. The summed E-state index contributed by atoms with van der Waals surface area (Å²) < 4.78 is 22.3. The number of rotatable bonds is 8. The molecule has 0 radical (unpaired) electrons. The summed E-state index contributed by atoms with van der Waals surface area (Å²) in [5, 5.41) is 17.5. The first kappa shape index (κ1) is 17.2. The fraction of sp³-hybridized carbons (Fsp3) is 0.333. The van der Waals surface area contributed by atoms with E-state index >= 15 is 0 Å². The zero-order valence-corrected chi connectivity index (χ0v) is 12.2. The lowest BCUT2D eigenvalue weighted by atomic mass is 10.2. The van der Waals surface area contributed by atoms with Gasteiger partial charge in [0, 0.05) is 7.11 Å². The van der Waals surface area contributed by atoms with Gasteiger partial charge in [0.25, 0.3) is 0 Å². The maximum Gasteiger partial charge on any atom is 0.378 e. The third-order valence-electron chi connectivity index (χ3n) is 2.63. The molecule has 0 spiro atoms. The Morgan fingerprint density at radius 1 is 1.38 bits per heavy atom. The molecule has 0 fully saturated rings. The topological polar surface area (TPSA) is 136 Å². The Bertz CT molecular complexity index is 574. The van der Waals surface area contributed by atoms with E-state index in [0.717, 1.165) is 7.11 Å². The maximum absolute atomic E-state index is 12.3. The van der Waals surface area contributed by atoms with Crippen molar-refractivity contribution in [2.45, 2.75) is 12.5 Å². The second-order valence-electron chi connectivity index (χ2n) is 4.17. The van der Waals surface area contributed by atoms with E-state index in [1.54, 1.807) is 0 Å². The summed E-state index contributed by atoms with van der Waals surface area (Å²) in [7, 11) is -2.44. The summed E-state index contributed by atoms with van der Waals surface area (Å²) in [6, 6.07) is 4.23. The average Bonchev–Trinajstić information content (AvgIpc) is 2.44. The first-order valence-electron chi connectivity index (χ1n) is 5.93. The van der Waals surface area contributed by atoms with Crippen LogP contribution in [0.5, 0.6) is 5.75 Å². The Morgan fingerprint density at radius 3 is 2.57 bits per heavy atom. The van der Waals surface area contributed by atoms with E-state index in [4.69, 9.17) is 25.0 Å². The van der Waals surface area contributed by atoms with Crippen LogP contribution in [-0.4, -0.2) is 41.5 Å². The van der Waals surface area contributed by atoms with Crippen LogP contribution in [0.15, 0.2) is 24.3 Å². The van der Waals surface area contributed by atoms with Crippen LogP contribution in [0, 0.1) is 0 Å². The number of carboxylic acid groups (broad SMARTS) is 2. The van der Waals surface area contributed by atoms with E-state index in [0.29, 0.717) is 0 Å². The molecular weight excluding hydrogens is 301 g/mol. The van der Waals surface area contributed by atoms with Crippen molar-refractivity contribution in [3.8, 4) is 5.75 Å². The van der Waals surface area contributed by atoms with Gasteiger partial charge in [0.15, 0.2) is 0 Å². The highest BCUT2D eigenvalue weighted by Crippen LogP contribution is 2.48. The van der Waals surface area contributed by atoms with Crippen LogP contribution in [0.3, 0.4) is 0 Å². The number of carboxylic acids is 2. The molecule has 21 heavy (non-hydrogen) atoms. The van der Waals surface area contributed by atoms with Crippen LogP contribution in [-0.2, 0) is 13.9 Å². The van der Waals surface area contributed by atoms with Crippen molar-refractivity contribution in [2.75, 3.05) is 13.3 Å². The summed E-state index contributed by atoms with van der Waals surface area (Å²) in [5.41, 5.74) is 5.30. The number of benzene rings is 1. The highest BCUT2D eigenvalue weighted by atomic mass is 31.2. The third-order valence-corrected chi connectivity index (χ3v) is 4.49. The van der Waals surface area contributed by atoms with E-state index < -0.39 is 25.6 Å². The monoisotopic (exact) mass is 317 g/mol. The normalized spacial score (nSPS) is 15.0. The summed E-state index contributed by atoms with van der Waals surface area (Å²) in [5.74, 6) is -2.31. The molecule has 0 bridgehead atoms. The standard InChI is InChI=1S/C12H16NO7P/c1-19-21(18,6-5-10(13)12(16)17)20-9-4-2-3-8(7-9)11(14)15/h2-4,7,10H,5-6,13H2,1H3,(H,14,15)(H,16,17). The molecule has 8 nitrogen and oxygen atoms in total. The van der Waals surface area contributed by atoms with Gasteiger partial charge in [0.1, 0.15) is 11.8 Å². The largest absolute Gasteiger partial charge is 0.480 e. The first-order valence-corrected chi connectivity index (χ1v) is 7.66. The maximum atomic E-state index is 12.3. The molecule has 0 aliphatic carbocycles. The lowest BCUT2D eigenvalue weighted by molar-refractivity contribution is -0.138. The summed E-state index contributed by atoms with van der Waals surface area (Å²) in [4.78, 5) is 21.5. The molecule has 4 N–H and O–H groups in total. The van der Waals surface area contributed by atoms with E-state index in [2.05, 4.69) is 0 Å². The second-order valence-corrected chi connectivity index (χ2v) is 6.39. The number of aromatic carboxylic acids is 1. The number of hydrogen-bond donors (Lipinski definition) is 3. The fourth-order valence-electron chi connectivity index (χ4n) is 1.44. The van der Waals surface area contributed by atoms with Crippen molar-refractivity contribution >= 4 is 19.5 Å². The first-order chi connectivity index (χ1) is 9.77. The lowest BCUT2D eigenvalue weighted by Gasteiger charge is -2.18. The minimum absolute atomic E-state index is 0.0302. The van der Waals surface area contributed by atoms with Crippen molar-refractivity contribution < 1.29 is 33.4 Å². The number of carbonyl (C=O) groups is 2. The molecule has 1 aromatic carbocycles. The van der Waals surface area contributed by atoms with Crippen molar-refractivity contribution in [1.82, 2.24) is 0 Å². The fourth-order valence-corrected chi connectivity index (χ4v) is 2.82. The highest BCUT2D eigenvalue weighted by Gasteiger charge is 2.27. The van der Waals surface area contributed by atoms with Crippen LogP contribution in [0.2, 0.25) is 0 Å². The Kier molecular flexibility index (Phi) is 5.90.